The molecule has 0 atom stereocenters. The van der Waals surface area contributed by atoms with E-state index in [1.807, 2.05) is 61.5 Å². The normalized spacial score (nSPS) is 11.6. The highest BCUT2D eigenvalue weighted by Crippen LogP contribution is 2.31. The van der Waals surface area contributed by atoms with Crippen LogP contribution in [0.15, 0.2) is 79.0 Å². The Morgan fingerprint density at radius 2 is 1.76 bits per heavy atom. The van der Waals surface area contributed by atoms with Crippen molar-refractivity contribution in [2.45, 2.75) is 13.3 Å². The highest BCUT2D eigenvalue weighted by atomic mass is 32.2. The van der Waals surface area contributed by atoms with Gasteiger partial charge < -0.3 is 4.98 Å². The third-order valence-corrected chi connectivity index (χ3v) is 6.01. The second-order valence-corrected chi connectivity index (χ2v) is 9.98. The Bertz CT molecular complexity index is 1590. The van der Waals surface area contributed by atoms with Gasteiger partial charge >= 0.3 is 0 Å². The van der Waals surface area contributed by atoms with E-state index in [2.05, 4.69) is 20.8 Å². The molecule has 170 valence electrons. The number of aromatic amines is 1. The minimum atomic E-state index is -3.31. The Hall–Kier alpha value is -4.04. The van der Waals surface area contributed by atoms with Crippen molar-refractivity contribution in [3.8, 4) is 22.6 Å². The quantitative estimate of drug-likeness (QED) is 0.366. The van der Waals surface area contributed by atoms with Gasteiger partial charge in [-0.05, 0) is 55.0 Å². The zero-order chi connectivity index (χ0) is 23.7. The predicted molar refractivity (Wildman–Crippen MR) is 135 cm³/mol. The summed E-state index contributed by atoms with van der Waals surface area (Å²) < 4.78 is 25.4. The lowest BCUT2D eigenvalue weighted by Gasteiger charge is -2.05. The summed E-state index contributed by atoms with van der Waals surface area (Å²) in [6.45, 7) is 1.97. The van der Waals surface area contributed by atoms with Crippen molar-refractivity contribution in [1.82, 2.24) is 19.9 Å². The fourth-order valence-corrected chi connectivity index (χ4v) is 4.47. The molecule has 0 unspecified atom stereocenters. The molecule has 0 radical (unpaired) electrons. The second-order valence-electron chi connectivity index (χ2n) is 8.23. The number of nitrogens with one attached hydrogen (secondary N) is 2. The molecule has 34 heavy (non-hydrogen) atoms. The van der Waals surface area contributed by atoms with Gasteiger partial charge in [0.25, 0.3) is 0 Å². The van der Waals surface area contributed by atoms with Gasteiger partial charge in [-0.3, -0.25) is 14.7 Å². The minimum Gasteiger partial charge on any atom is -0.340 e. The van der Waals surface area contributed by atoms with E-state index in [0.717, 1.165) is 56.9 Å². The molecule has 8 heteroatoms. The van der Waals surface area contributed by atoms with Crippen molar-refractivity contribution in [2.75, 3.05) is 11.0 Å². The number of anilines is 1. The molecule has 0 amide bonds. The molecule has 0 aliphatic carbocycles. The van der Waals surface area contributed by atoms with Gasteiger partial charge in [-0.2, -0.15) is 0 Å². The van der Waals surface area contributed by atoms with Crippen molar-refractivity contribution in [3.05, 3.63) is 96.1 Å². The van der Waals surface area contributed by atoms with E-state index in [0.29, 0.717) is 12.1 Å². The Kier molecular flexibility index (Phi) is 5.59. The number of rotatable bonds is 6. The molecule has 0 fully saturated rings. The highest BCUT2D eigenvalue weighted by Gasteiger charge is 2.16. The zero-order valence-corrected chi connectivity index (χ0v) is 19.6. The van der Waals surface area contributed by atoms with Gasteiger partial charge in [0.1, 0.15) is 5.82 Å². The largest absolute Gasteiger partial charge is 0.340 e. The number of imidazole rings is 1. The van der Waals surface area contributed by atoms with E-state index >= 15 is 0 Å². The Labute approximate surface area is 198 Å². The van der Waals surface area contributed by atoms with Crippen molar-refractivity contribution in [2.24, 2.45) is 0 Å². The van der Waals surface area contributed by atoms with Crippen LogP contribution in [0.5, 0.6) is 0 Å². The zero-order valence-electron chi connectivity index (χ0n) is 18.8. The molecule has 3 heterocycles. The summed E-state index contributed by atoms with van der Waals surface area (Å²) in [5, 5.41) is 1.04. The summed E-state index contributed by atoms with van der Waals surface area (Å²) in [6.07, 6.45) is 3.48. The highest BCUT2D eigenvalue weighted by molar-refractivity contribution is 7.92. The van der Waals surface area contributed by atoms with Crippen molar-refractivity contribution < 1.29 is 8.42 Å². The molecule has 2 N–H and O–H groups in total. The number of aromatic nitrogens is 4. The smallest absolute Gasteiger partial charge is 0.229 e. The van der Waals surface area contributed by atoms with E-state index in [4.69, 9.17) is 9.97 Å². The standard InChI is InChI=1S/C26H23N5O2S/c1-17-5-3-7-23(28-17)26-25(20-10-13-22-19(16-20)6-4-14-27-22)29-24(30-26)15-18-8-11-21(12-9-18)31-34(2,32)33/h3-14,16,31H,15H2,1-2H3,(H,29,30). The number of H-pyrrole nitrogens is 1. The molecule has 7 nitrogen and oxygen atoms in total. The number of hydrogen-bond donors (Lipinski definition) is 2. The third kappa shape index (κ3) is 4.82. The number of nitrogens with zero attached hydrogens (tertiary/aromatic N) is 3. The van der Waals surface area contributed by atoms with Crippen LogP contribution in [-0.4, -0.2) is 34.6 Å². The fourth-order valence-electron chi connectivity index (χ4n) is 3.90. The van der Waals surface area contributed by atoms with Crippen LogP contribution in [0.2, 0.25) is 0 Å². The molecule has 5 rings (SSSR count). The van der Waals surface area contributed by atoms with Crippen LogP contribution in [0.25, 0.3) is 33.5 Å². The number of hydrogen-bond acceptors (Lipinski definition) is 5. The van der Waals surface area contributed by atoms with Gasteiger partial charge in [-0.25, -0.2) is 13.4 Å². The van der Waals surface area contributed by atoms with Crippen LogP contribution < -0.4 is 4.72 Å². The van der Waals surface area contributed by atoms with Crippen LogP contribution in [-0.2, 0) is 16.4 Å². The summed E-state index contributed by atoms with van der Waals surface area (Å²) in [4.78, 5) is 17.5. The number of aryl methyl sites for hydroxylation is 1. The summed E-state index contributed by atoms with van der Waals surface area (Å²) in [7, 11) is -3.31. The van der Waals surface area contributed by atoms with E-state index in [-0.39, 0.29) is 0 Å². The van der Waals surface area contributed by atoms with Crippen molar-refractivity contribution in [1.29, 1.82) is 0 Å². The first-order valence-electron chi connectivity index (χ1n) is 10.8. The topological polar surface area (TPSA) is 101 Å². The van der Waals surface area contributed by atoms with Gasteiger partial charge in [0.15, 0.2) is 0 Å². The van der Waals surface area contributed by atoms with Crippen LogP contribution in [0, 0.1) is 6.92 Å². The molecule has 0 aliphatic rings. The summed E-state index contributed by atoms with van der Waals surface area (Å²) in [5.41, 5.74) is 6.89. The summed E-state index contributed by atoms with van der Waals surface area (Å²) in [5.74, 6) is 0.795. The number of pyridine rings is 2. The first-order valence-corrected chi connectivity index (χ1v) is 12.7. The average Bonchev–Trinajstić information content (AvgIpc) is 3.23. The SMILES string of the molecule is Cc1cccc(-c2[nH]c(Cc3ccc(NS(C)(=O)=O)cc3)nc2-c2ccc3ncccc3c2)n1. The van der Waals surface area contributed by atoms with E-state index < -0.39 is 10.0 Å². The van der Waals surface area contributed by atoms with Crippen LogP contribution in [0.4, 0.5) is 5.69 Å². The lowest BCUT2D eigenvalue weighted by Crippen LogP contribution is -2.09. The number of fused-ring (bicyclic) bond motifs is 1. The van der Waals surface area contributed by atoms with E-state index in [1.165, 1.54) is 0 Å². The monoisotopic (exact) mass is 469 g/mol. The molecule has 5 aromatic rings. The lowest BCUT2D eigenvalue weighted by atomic mass is 10.1. The van der Waals surface area contributed by atoms with E-state index in [1.54, 1.807) is 18.3 Å². The fraction of sp³-hybridized carbons (Fsp3) is 0.115. The van der Waals surface area contributed by atoms with Crippen LogP contribution in [0.3, 0.4) is 0 Å². The minimum absolute atomic E-state index is 0.529. The molecule has 0 spiro atoms. The Morgan fingerprint density at radius 3 is 2.53 bits per heavy atom. The van der Waals surface area contributed by atoms with Gasteiger partial charge in [-0.1, -0.05) is 30.3 Å². The van der Waals surface area contributed by atoms with E-state index in [9.17, 15) is 8.42 Å². The molecule has 3 aromatic heterocycles. The van der Waals surface area contributed by atoms with Crippen LogP contribution >= 0.6 is 0 Å². The first kappa shape index (κ1) is 21.8. The Balaban J connectivity index is 1.54. The number of sulfonamides is 1. The van der Waals surface area contributed by atoms with Gasteiger partial charge in [0.2, 0.25) is 10.0 Å². The Morgan fingerprint density at radius 1 is 0.941 bits per heavy atom. The predicted octanol–water partition coefficient (Wildman–Crippen LogP) is 4.96. The number of benzene rings is 2. The summed E-state index contributed by atoms with van der Waals surface area (Å²) >= 11 is 0. The maximum Gasteiger partial charge on any atom is 0.229 e. The van der Waals surface area contributed by atoms with Gasteiger partial charge in [0.05, 0.1) is 28.9 Å². The molecule has 0 bridgehead atoms. The molecule has 0 saturated carbocycles. The molecule has 0 saturated heterocycles. The van der Waals surface area contributed by atoms with Crippen molar-refractivity contribution >= 4 is 26.6 Å². The second kappa shape index (κ2) is 8.72. The maximum atomic E-state index is 11.5. The maximum absolute atomic E-state index is 11.5. The lowest BCUT2D eigenvalue weighted by molar-refractivity contribution is 0.607. The first-order chi connectivity index (χ1) is 16.3. The van der Waals surface area contributed by atoms with Crippen molar-refractivity contribution in [3.63, 3.8) is 0 Å². The summed E-state index contributed by atoms with van der Waals surface area (Å²) in [6, 6.07) is 23.3. The van der Waals surface area contributed by atoms with Gasteiger partial charge in [-0.15, -0.1) is 0 Å². The molecular weight excluding hydrogens is 446 g/mol. The third-order valence-electron chi connectivity index (χ3n) is 5.40. The van der Waals surface area contributed by atoms with Gasteiger partial charge in [0, 0.05) is 34.9 Å². The molecular formula is C26H23N5O2S. The van der Waals surface area contributed by atoms with Crippen LogP contribution in [0.1, 0.15) is 17.1 Å². The molecule has 2 aromatic carbocycles. The average molecular weight is 470 g/mol. The molecule has 0 aliphatic heterocycles.